The van der Waals surface area contributed by atoms with Gasteiger partial charge in [0, 0.05) is 15.1 Å². The summed E-state index contributed by atoms with van der Waals surface area (Å²) in [6.07, 6.45) is 2.06. The maximum absolute atomic E-state index is 12.9. The van der Waals surface area contributed by atoms with Gasteiger partial charge in [0.15, 0.2) is 0 Å². The van der Waals surface area contributed by atoms with Crippen molar-refractivity contribution in [2.24, 2.45) is 0 Å². The lowest BCUT2D eigenvalue weighted by atomic mass is 10.0. The van der Waals surface area contributed by atoms with E-state index in [2.05, 4.69) is 34.7 Å². The molecule has 1 amide bonds. The van der Waals surface area contributed by atoms with Crippen LogP contribution in [-0.4, -0.2) is 17.4 Å². The minimum Gasteiger partial charge on any atom is -0.332 e. The zero-order chi connectivity index (χ0) is 14.8. The average molecular weight is 412 g/mol. The molecule has 1 saturated heterocycles. The summed E-state index contributed by atoms with van der Waals surface area (Å²) in [6.45, 7) is 0.807. The Kier molecular flexibility index (Phi) is 4.50. The maximum Gasteiger partial charge on any atom is 0.255 e. The first-order valence-electron chi connectivity index (χ1n) is 6.98. The van der Waals surface area contributed by atoms with Crippen LogP contribution in [0.5, 0.6) is 0 Å². The van der Waals surface area contributed by atoms with Gasteiger partial charge < -0.3 is 4.90 Å². The number of carbonyl (C=O) groups is 1. The fraction of sp³-hybridized carbons (Fsp3) is 0.235. The molecule has 1 unspecified atom stereocenters. The van der Waals surface area contributed by atoms with E-state index in [-0.39, 0.29) is 11.9 Å². The number of hydrogen-bond acceptors (Lipinski definition) is 1. The van der Waals surface area contributed by atoms with E-state index in [4.69, 9.17) is 11.6 Å². The molecule has 1 atom stereocenters. The molecule has 1 aliphatic rings. The molecule has 0 spiro atoms. The molecule has 0 radical (unpaired) electrons. The third kappa shape index (κ3) is 3.09. The quantitative estimate of drug-likeness (QED) is 0.642. The van der Waals surface area contributed by atoms with Gasteiger partial charge in [0.1, 0.15) is 0 Å². The number of likely N-dealkylation sites (tertiary alicyclic amines) is 1. The van der Waals surface area contributed by atoms with Crippen molar-refractivity contribution < 1.29 is 4.79 Å². The molecule has 1 fully saturated rings. The van der Waals surface area contributed by atoms with Crippen LogP contribution in [0.2, 0.25) is 5.02 Å². The highest BCUT2D eigenvalue weighted by atomic mass is 127. The van der Waals surface area contributed by atoms with Gasteiger partial charge in [0.25, 0.3) is 5.91 Å². The van der Waals surface area contributed by atoms with E-state index < -0.39 is 0 Å². The molecular formula is C17H15ClINO. The normalized spacial score (nSPS) is 18.0. The lowest BCUT2D eigenvalue weighted by Gasteiger charge is -2.25. The minimum absolute atomic E-state index is 0.0771. The van der Waals surface area contributed by atoms with E-state index >= 15 is 0 Å². The number of carbonyl (C=O) groups excluding carboxylic acids is 1. The Morgan fingerprint density at radius 1 is 1.19 bits per heavy atom. The Hall–Kier alpha value is -1.07. The van der Waals surface area contributed by atoms with E-state index in [0.717, 1.165) is 23.0 Å². The number of amides is 1. The summed E-state index contributed by atoms with van der Waals surface area (Å²) in [6, 6.07) is 15.9. The molecule has 2 aromatic rings. The monoisotopic (exact) mass is 411 g/mol. The molecule has 0 bridgehead atoms. The average Bonchev–Trinajstić information content (AvgIpc) is 2.99. The van der Waals surface area contributed by atoms with Crippen molar-refractivity contribution in [2.45, 2.75) is 18.9 Å². The number of hydrogen-bond donors (Lipinski definition) is 0. The summed E-state index contributed by atoms with van der Waals surface area (Å²) in [7, 11) is 0. The first-order valence-corrected chi connectivity index (χ1v) is 8.43. The van der Waals surface area contributed by atoms with Gasteiger partial charge in [-0.05, 0) is 59.2 Å². The summed E-state index contributed by atoms with van der Waals surface area (Å²) in [4.78, 5) is 14.8. The van der Waals surface area contributed by atoms with Crippen LogP contribution in [0.1, 0.15) is 34.8 Å². The predicted molar refractivity (Wildman–Crippen MR) is 93.6 cm³/mol. The predicted octanol–water partition coefficient (Wildman–Crippen LogP) is 4.92. The third-order valence-corrected chi connectivity index (χ3v) is 5.03. The molecule has 0 N–H and O–H groups in total. The van der Waals surface area contributed by atoms with Crippen LogP contribution in [0.15, 0.2) is 48.5 Å². The van der Waals surface area contributed by atoms with E-state index in [1.54, 1.807) is 6.07 Å². The van der Waals surface area contributed by atoms with Crippen molar-refractivity contribution in [1.29, 1.82) is 0 Å². The summed E-state index contributed by atoms with van der Waals surface area (Å²) < 4.78 is 0.945. The Morgan fingerprint density at radius 2 is 1.95 bits per heavy atom. The lowest BCUT2D eigenvalue weighted by molar-refractivity contribution is 0.0734. The second kappa shape index (κ2) is 6.36. The van der Waals surface area contributed by atoms with Crippen molar-refractivity contribution in [3.63, 3.8) is 0 Å². The van der Waals surface area contributed by atoms with E-state index in [1.807, 2.05) is 35.2 Å². The minimum atomic E-state index is 0.0771. The summed E-state index contributed by atoms with van der Waals surface area (Å²) in [5.41, 5.74) is 1.91. The zero-order valence-corrected chi connectivity index (χ0v) is 14.3. The van der Waals surface area contributed by atoms with Crippen molar-refractivity contribution >= 4 is 40.1 Å². The second-order valence-electron chi connectivity index (χ2n) is 5.19. The molecule has 108 valence electrons. The number of benzene rings is 2. The van der Waals surface area contributed by atoms with E-state index in [1.165, 1.54) is 5.56 Å². The maximum atomic E-state index is 12.9. The third-order valence-electron chi connectivity index (χ3n) is 3.86. The van der Waals surface area contributed by atoms with Crippen LogP contribution in [0.3, 0.4) is 0 Å². The molecule has 2 nitrogen and oxygen atoms in total. The fourth-order valence-corrected chi connectivity index (χ4v) is 3.59. The van der Waals surface area contributed by atoms with Gasteiger partial charge in [0.05, 0.1) is 11.6 Å². The van der Waals surface area contributed by atoms with E-state index in [0.29, 0.717) is 10.6 Å². The fourth-order valence-electron chi connectivity index (χ4n) is 2.85. The van der Waals surface area contributed by atoms with Gasteiger partial charge in [0.2, 0.25) is 0 Å². The highest BCUT2D eigenvalue weighted by Gasteiger charge is 2.31. The Bertz CT molecular complexity index is 659. The summed E-state index contributed by atoms with van der Waals surface area (Å²) >= 11 is 8.24. The van der Waals surface area contributed by atoms with Gasteiger partial charge in [-0.3, -0.25) is 4.79 Å². The van der Waals surface area contributed by atoms with Crippen molar-refractivity contribution in [3.8, 4) is 0 Å². The molecule has 21 heavy (non-hydrogen) atoms. The number of rotatable bonds is 2. The summed E-state index contributed by atoms with van der Waals surface area (Å²) in [5.74, 6) is 0.0771. The molecule has 4 heteroatoms. The molecule has 3 rings (SSSR count). The largest absolute Gasteiger partial charge is 0.332 e. The Balaban J connectivity index is 1.92. The number of halogens is 2. The lowest BCUT2D eigenvalue weighted by Crippen LogP contribution is -2.31. The van der Waals surface area contributed by atoms with Gasteiger partial charge in [-0.2, -0.15) is 0 Å². The SMILES string of the molecule is O=C(c1cc(Cl)ccc1I)N1CCCC1c1ccccc1. The van der Waals surface area contributed by atoms with Crippen molar-refractivity contribution in [3.05, 3.63) is 68.3 Å². The van der Waals surface area contributed by atoms with Crippen LogP contribution in [-0.2, 0) is 0 Å². The first-order chi connectivity index (χ1) is 10.2. The van der Waals surface area contributed by atoms with Crippen LogP contribution < -0.4 is 0 Å². The van der Waals surface area contributed by atoms with Gasteiger partial charge >= 0.3 is 0 Å². The topological polar surface area (TPSA) is 20.3 Å². The second-order valence-corrected chi connectivity index (χ2v) is 6.79. The zero-order valence-electron chi connectivity index (χ0n) is 11.4. The van der Waals surface area contributed by atoms with E-state index in [9.17, 15) is 4.79 Å². The first kappa shape index (κ1) is 14.9. The molecule has 1 heterocycles. The molecular weight excluding hydrogens is 397 g/mol. The molecule has 0 aromatic heterocycles. The van der Waals surface area contributed by atoms with Gasteiger partial charge in [-0.15, -0.1) is 0 Å². The van der Waals surface area contributed by atoms with Crippen molar-refractivity contribution in [1.82, 2.24) is 4.90 Å². The molecule has 0 aliphatic carbocycles. The molecule has 0 saturated carbocycles. The number of nitrogens with zero attached hydrogens (tertiary/aromatic N) is 1. The molecule has 1 aliphatic heterocycles. The summed E-state index contributed by atoms with van der Waals surface area (Å²) in [5, 5.41) is 0.606. The van der Waals surface area contributed by atoms with Gasteiger partial charge in [-0.25, -0.2) is 0 Å². The van der Waals surface area contributed by atoms with Crippen LogP contribution in [0.4, 0.5) is 0 Å². The van der Waals surface area contributed by atoms with Crippen LogP contribution in [0, 0.1) is 3.57 Å². The standard InChI is InChI=1S/C17H15ClINO/c18-13-8-9-15(19)14(11-13)17(21)20-10-4-7-16(20)12-5-2-1-3-6-12/h1-3,5-6,8-9,11,16H,4,7,10H2. The van der Waals surface area contributed by atoms with Crippen LogP contribution >= 0.6 is 34.2 Å². The Morgan fingerprint density at radius 3 is 2.71 bits per heavy atom. The Labute approximate surface area is 143 Å². The van der Waals surface area contributed by atoms with Gasteiger partial charge in [-0.1, -0.05) is 41.9 Å². The smallest absolute Gasteiger partial charge is 0.255 e. The molecule has 2 aromatic carbocycles. The highest BCUT2D eigenvalue weighted by Crippen LogP contribution is 2.34. The highest BCUT2D eigenvalue weighted by molar-refractivity contribution is 14.1. The van der Waals surface area contributed by atoms with Crippen molar-refractivity contribution in [2.75, 3.05) is 6.54 Å². The van der Waals surface area contributed by atoms with Crippen LogP contribution in [0.25, 0.3) is 0 Å².